The molecule has 0 unspecified atom stereocenters. The van der Waals surface area contributed by atoms with Gasteiger partial charge in [-0.25, -0.2) is 10.1 Å². The molecule has 1 aromatic heterocycles. The molecule has 0 aliphatic rings. The van der Waals surface area contributed by atoms with E-state index in [9.17, 15) is 4.79 Å². The van der Waals surface area contributed by atoms with Crippen molar-refractivity contribution in [1.82, 2.24) is 15.7 Å². The van der Waals surface area contributed by atoms with Gasteiger partial charge >= 0.3 is 0 Å². The Kier molecular flexibility index (Phi) is 3.30. The summed E-state index contributed by atoms with van der Waals surface area (Å²) in [4.78, 5) is 11.7. The lowest BCUT2D eigenvalue weighted by Gasteiger charge is -2.01. The van der Waals surface area contributed by atoms with Gasteiger partial charge in [0, 0.05) is 5.56 Å². The molecular weight excluding hydrogens is 270 g/mol. The predicted octanol–water partition coefficient (Wildman–Crippen LogP) is 1.57. The monoisotopic (exact) mass is 281 g/mol. The normalized spacial score (nSPS) is 11.0. The molecule has 104 valence electrons. The molecule has 0 saturated heterocycles. The molecule has 0 saturated carbocycles. The topological polar surface area (TPSA) is 106 Å². The first-order chi connectivity index (χ1) is 10.3. The number of benzene rings is 2. The van der Waals surface area contributed by atoms with Crippen LogP contribution in [0.2, 0.25) is 0 Å². The lowest BCUT2D eigenvalue weighted by atomic mass is 10.1. The first-order valence-electron chi connectivity index (χ1n) is 6.15. The van der Waals surface area contributed by atoms with Crippen LogP contribution in [0.15, 0.2) is 52.2 Å². The zero-order valence-corrected chi connectivity index (χ0v) is 10.9. The Bertz CT molecular complexity index is 820. The maximum absolute atomic E-state index is 11.7. The number of hydrazone groups is 1. The molecule has 7 heteroatoms. The van der Waals surface area contributed by atoms with E-state index in [1.54, 1.807) is 6.21 Å². The molecule has 1 heterocycles. The molecule has 0 aliphatic carbocycles. The molecular formula is C14H11N5O2. The maximum Gasteiger partial charge on any atom is 0.297 e. The van der Waals surface area contributed by atoms with Gasteiger partial charge in [-0.1, -0.05) is 42.5 Å². The molecule has 3 aromatic rings. The third-order valence-electron chi connectivity index (χ3n) is 2.92. The van der Waals surface area contributed by atoms with Crippen molar-refractivity contribution in [1.29, 1.82) is 0 Å². The van der Waals surface area contributed by atoms with Crippen LogP contribution < -0.4 is 11.2 Å². The molecule has 7 nitrogen and oxygen atoms in total. The van der Waals surface area contributed by atoms with E-state index in [1.165, 1.54) is 0 Å². The van der Waals surface area contributed by atoms with Crippen LogP contribution in [-0.2, 0) is 0 Å². The van der Waals surface area contributed by atoms with Gasteiger partial charge in [-0.15, -0.1) is 0 Å². The van der Waals surface area contributed by atoms with Crippen LogP contribution in [0.1, 0.15) is 16.1 Å². The maximum atomic E-state index is 11.7. The lowest BCUT2D eigenvalue weighted by Crippen LogP contribution is -2.19. The van der Waals surface area contributed by atoms with E-state index >= 15 is 0 Å². The average molecular weight is 281 g/mol. The van der Waals surface area contributed by atoms with E-state index in [2.05, 4.69) is 25.5 Å². The summed E-state index contributed by atoms with van der Waals surface area (Å²) >= 11 is 0. The molecule has 0 bridgehead atoms. The number of hydrogen-bond acceptors (Lipinski definition) is 6. The number of hydrogen-bond donors (Lipinski definition) is 2. The quantitative estimate of drug-likeness (QED) is 0.559. The first-order valence-corrected chi connectivity index (χ1v) is 6.15. The van der Waals surface area contributed by atoms with Gasteiger partial charge in [0.1, 0.15) is 0 Å². The van der Waals surface area contributed by atoms with Gasteiger partial charge in [0.2, 0.25) is 11.5 Å². The summed E-state index contributed by atoms with van der Waals surface area (Å²) in [6.45, 7) is 0. The van der Waals surface area contributed by atoms with Gasteiger partial charge in [0.15, 0.2) is 0 Å². The highest BCUT2D eigenvalue weighted by atomic mass is 16.6. The third-order valence-corrected chi connectivity index (χ3v) is 2.92. The second-order valence-corrected chi connectivity index (χ2v) is 4.27. The van der Waals surface area contributed by atoms with Crippen LogP contribution in [0, 0.1) is 0 Å². The third kappa shape index (κ3) is 2.57. The fourth-order valence-electron chi connectivity index (χ4n) is 1.93. The van der Waals surface area contributed by atoms with Crippen molar-refractivity contribution >= 4 is 28.7 Å². The Hall–Kier alpha value is -3.22. The molecule has 0 aliphatic heterocycles. The standard InChI is InChI=1S/C14H11N5O2/c15-13-12(18-21-19-13)14(20)17-16-8-10-6-3-5-9-4-1-2-7-11(9)10/h1-8H,(H2,15,19)(H,17,20)/b16-8+. The van der Waals surface area contributed by atoms with Crippen LogP contribution >= 0.6 is 0 Å². The Balaban J connectivity index is 1.80. The molecule has 0 radical (unpaired) electrons. The minimum Gasteiger partial charge on any atom is -0.379 e. The fourth-order valence-corrected chi connectivity index (χ4v) is 1.93. The summed E-state index contributed by atoms with van der Waals surface area (Å²) in [5.74, 6) is -0.655. The minimum atomic E-state index is -0.578. The SMILES string of the molecule is Nc1nonc1C(=O)N/N=C/c1cccc2ccccc12. The Morgan fingerprint density at radius 1 is 1.19 bits per heavy atom. The number of rotatable bonds is 3. The molecule has 0 atom stereocenters. The molecule has 3 N–H and O–H groups in total. The van der Waals surface area contributed by atoms with Gasteiger partial charge in [-0.2, -0.15) is 5.10 Å². The van der Waals surface area contributed by atoms with Gasteiger partial charge < -0.3 is 5.73 Å². The molecule has 2 aromatic carbocycles. The van der Waals surface area contributed by atoms with E-state index in [4.69, 9.17) is 5.73 Å². The summed E-state index contributed by atoms with van der Waals surface area (Å²) in [6.07, 6.45) is 1.56. The number of fused-ring (bicyclic) bond motifs is 1. The number of carbonyl (C=O) groups is 1. The van der Waals surface area contributed by atoms with E-state index in [0.717, 1.165) is 16.3 Å². The number of nitrogens with one attached hydrogen (secondary N) is 1. The van der Waals surface area contributed by atoms with Crippen molar-refractivity contribution in [2.75, 3.05) is 5.73 Å². The molecule has 1 amide bonds. The van der Waals surface area contributed by atoms with Gasteiger partial charge in [-0.05, 0) is 21.1 Å². The summed E-state index contributed by atoms with van der Waals surface area (Å²) in [6, 6.07) is 13.7. The highest BCUT2D eigenvalue weighted by molar-refractivity contribution is 6.01. The van der Waals surface area contributed by atoms with Crippen molar-refractivity contribution in [3.05, 3.63) is 53.7 Å². The van der Waals surface area contributed by atoms with Gasteiger partial charge in [0.05, 0.1) is 6.21 Å². The molecule has 21 heavy (non-hydrogen) atoms. The lowest BCUT2D eigenvalue weighted by molar-refractivity contribution is 0.0946. The Morgan fingerprint density at radius 2 is 2.00 bits per heavy atom. The largest absolute Gasteiger partial charge is 0.379 e. The van der Waals surface area contributed by atoms with Crippen LogP contribution in [0.5, 0.6) is 0 Å². The zero-order chi connectivity index (χ0) is 14.7. The smallest absolute Gasteiger partial charge is 0.297 e. The van der Waals surface area contributed by atoms with Crippen LogP contribution in [-0.4, -0.2) is 22.4 Å². The number of nitrogen functional groups attached to an aromatic ring is 1. The Labute approximate surface area is 119 Å². The number of nitrogens with zero attached hydrogens (tertiary/aromatic N) is 3. The summed E-state index contributed by atoms with van der Waals surface area (Å²) in [7, 11) is 0. The minimum absolute atomic E-state index is 0.0761. The summed E-state index contributed by atoms with van der Waals surface area (Å²) < 4.78 is 4.35. The van der Waals surface area contributed by atoms with E-state index in [0.29, 0.717) is 0 Å². The van der Waals surface area contributed by atoms with Crippen molar-refractivity contribution in [3.8, 4) is 0 Å². The summed E-state index contributed by atoms with van der Waals surface area (Å²) in [5.41, 5.74) is 8.54. The second-order valence-electron chi connectivity index (χ2n) is 4.27. The number of aromatic nitrogens is 2. The van der Waals surface area contributed by atoms with Crippen molar-refractivity contribution in [2.45, 2.75) is 0 Å². The zero-order valence-electron chi connectivity index (χ0n) is 10.9. The summed E-state index contributed by atoms with van der Waals surface area (Å²) in [5, 5.41) is 12.8. The average Bonchev–Trinajstić information content (AvgIpc) is 2.93. The number of nitrogens with two attached hydrogens (primary N) is 1. The van der Waals surface area contributed by atoms with E-state index in [-0.39, 0.29) is 11.5 Å². The van der Waals surface area contributed by atoms with E-state index in [1.807, 2.05) is 42.5 Å². The van der Waals surface area contributed by atoms with Crippen molar-refractivity contribution < 1.29 is 9.42 Å². The van der Waals surface area contributed by atoms with Crippen molar-refractivity contribution in [3.63, 3.8) is 0 Å². The Morgan fingerprint density at radius 3 is 2.81 bits per heavy atom. The second kappa shape index (κ2) is 5.41. The number of amides is 1. The van der Waals surface area contributed by atoms with Gasteiger partial charge in [-0.3, -0.25) is 4.79 Å². The molecule has 0 spiro atoms. The predicted molar refractivity (Wildman–Crippen MR) is 77.7 cm³/mol. The number of carbonyl (C=O) groups excluding carboxylic acids is 1. The molecule has 0 fully saturated rings. The van der Waals surface area contributed by atoms with Crippen LogP contribution in [0.3, 0.4) is 0 Å². The highest BCUT2D eigenvalue weighted by Crippen LogP contribution is 2.16. The van der Waals surface area contributed by atoms with Crippen LogP contribution in [0.25, 0.3) is 10.8 Å². The molecule has 3 rings (SSSR count). The highest BCUT2D eigenvalue weighted by Gasteiger charge is 2.14. The number of anilines is 1. The van der Waals surface area contributed by atoms with Gasteiger partial charge in [0.25, 0.3) is 5.91 Å². The van der Waals surface area contributed by atoms with E-state index < -0.39 is 5.91 Å². The first kappa shape index (κ1) is 12.8. The van der Waals surface area contributed by atoms with Crippen molar-refractivity contribution in [2.24, 2.45) is 5.10 Å². The fraction of sp³-hybridized carbons (Fsp3) is 0. The van der Waals surface area contributed by atoms with Crippen LogP contribution in [0.4, 0.5) is 5.82 Å².